The Morgan fingerprint density at radius 3 is 2.28 bits per heavy atom. The third-order valence-electron chi connectivity index (χ3n) is 12.3. The molecular formula is C46H54ClN2O6S2+. The SMILES string of the molecule is CC1(C)C2=c3ccccc3=CCC2[N+](CCCCS(=O)(=O)O)=C1/C=C/C1=C(Cl)C(=C/C=C2/N(CCCCS(=O)(=O)O)c3ccc4ccccc4c3C2(C)C)/CCC1. The van der Waals surface area contributed by atoms with Crippen molar-refractivity contribution in [1.29, 1.82) is 0 Å². The Bertz CT molecular complexity index is 2620. The molecule has 3 aromatic rings. The standard InChI is InChI=1S/C46H53ClN2O6S2/c1-45(2)40(48(28-9-11-30-56(50,51)52)38-24-20-32-14-5-7-18-36(32)42(38)45)26-22-34-16-13-17-35(44(34)47)23-27-41-46(3,4)43-37-19-8-6-15-33(37)21-25-39(43)49(41)29-10-12-31-57(53,54)55/h5-8,14-15,18-24,26-27,39H,9-13,16-17,25,28-31H2,1-4H3,(H-,50,51,52,53,54,55)/p+1. The zero-order valence-electron chi connectivity index (χ0n) is 33.3. The average molecular weight is 831 g/mol. The van der Waals surface area contributed by atoms with E-state index < -0.39 is 20.2 Å². The minimum Gasteiger partial charge on any atom is -0.344 e. The minimum absolute atomic E-state index is 0.158. The van der Waals surface area contributed by atoms with Crippen molar-refractivity contribution in [1.82, 2.24) is 0 Å². The smallest absolute Gasteiger partial charge is 0.264 e. The van der Waals surface area contributed by atoms with Gasteiger partial charge in [-0.15, -0.1) is 0 Å². The summed E-state index contributed by atoms with van der Waals surface area (Å²) in [5, 5.41) is 5.63. The molecule has 57 heavy (non-hydrogen) atoms. The molecule has 2 aliphatic carbocycles. The van der Waals surface area contributed by atoms with E-state index in [4.69, 9.17) is 11.6 Å². The van der Waals surface area contributed by atoms with E-state index in [9.17, 15) is 25.9 Å². The maximum absolute atomic E-state index is 11.5. The molecule has 0 spiro atoms. The summed E-state index contributed by atoms with van der Waals surface area (Å²) in [5.41, 5.74) is 7.55. The van der Waals surface area contributed by atoms with Crippen LogP contribution in [-0.4, -0.2) is 66.9 Å². The van der Waals surface area contributed by atoms with Crippen molar-refractivity contribution in [3.8, 4) is 0 Å². The van der Waals surface area contributed by atoms with E-state index in [1.807, 2.05) is 0 Å². The van der Waals surface area contributed by atoms with Crippen molar-refractivity contribution in [2.75, 3.05) is 29.5 Å². The van der Waals surface area contributed by atoms with Crippen LogP contribution in [0.5, 0.6) is 0 Å². The van der Waals surface area contributed by atoms with Crippen LogP contribution in [0.3, 0.4) is 0 Å². The Morgan fingerprint density at radius 1 is 0.825 bits per heavy atom. The van der Waals surface area contributed by atoms with Gasteiger partial charge in [0.15, 0.2) is 11.8 Å². The van der Waals surface area contributed by atoms with Crippen molar-refractivity contribution in [2.45, 2.75) is 90.5 Å². The maximum atomic E-state index is 11.5. The highest BCUT2D eigenvalue weighted by Gasteiger charge is 2.50. The van der Waals surface area contributed by atoms with Gasteiger partial charge in [0.2, 0.25) is 0 Å². The van der Waals surface area contributed by atoms with Crippen LogP contribution in [0.25, 0.3) is 22.4 Å². The lowest BCUT2D eigenvalue weighted by atomic mass is 9.76. The van der Waals surface area contributed by atoms with Crippen LogP contribution in [0, 0.1) is 5.41 Å². The molecule has 1 atom stereocenters. The highest BCUT2D eigenvalue weighted by Crippen LogP contribution is 2.51. The summed E-state index contributed by atoms with van der Waals surface area (Å²) in [7, 11) is -8.05. The lowest BCUT2D eigenvalue weighted by Crippen LogP contribution is -2.39. The second kappa shape index (κ2) is 16.1. The normalized spacial score (nSPS) is 21.8. The van der Waals surface area contributed by atoms with Gasteiger partial charge in [-0.05, 0) is 102 Å². The van der Waals surface area contributed by atoms with Crippen LogP contribution < -0.4 is 15.3 Å². The van der Waals surface area contributed by atoms with Gasteiger partial charge < -0.3 is 4.90 Å². The second-order valence-corrected chi connectivity index (χ2v) is 20.4. The van der Waals surface area contributed by atoms with E-state index in [1.54, 1.807) is 0 Å². The number of hydrogen-bond acceptors (Lipinski definition) is 5. The molecule has 11 heteroatoms. The number of benzene rings is 3. The zero-order chi connectivity index (χ0) is 40.8. The number of fused-ring (bicyclic) bond motifs is 5. The molecule has 0 radical (unpaired) electrons. The highest BCUT2D eigenvalue weighted by molar-refractivity contribution is 7.86. The lowest BCUT2D eigenvalue weighted by Gasteiger charge is -2.27. The van der Waals surface area contributed by atoms with E-state index in [0.29, 0.717) is 38.8 Å². The molecule has 302 valence electrons. The lowest BCUT2D eigenvalue weighted by molar-refractivity contribution is -0.546. The number of hydrogen-bond donors (Lipinski definition) is 2. The first-order chi connectivity index (χ1) is 27.0. The van der Waals surface area contributed by atoms with Gasteiger partial charge in [-0.1, -0.05) is 98.3 Å². The number of allylic oxidation sites excluding steroid dienone is 8. The van der Waals surface area contributed by atoms with E-state index in [1.165, 1.54) is 38.1 Å². The topological polar surface area (TPSA) is 115 Å². The van der Waals surface area contributed by atoms with Gasteiger partial charge in [-0.3, -0.25) is 9.11 Å². The van der Waals surface area contributed by atoms with Crippen LogP contribution in [0.15, 0.2) is 107 Å². The Hall–Kier alpha value is -3.80. The summed E-state index contributed by atoms with van der Waals surface area (Å²) in [6.07, 6.45) is 16.6. The van der Waals surface area contributed by atoms with Gasteiger partial charge in [0, 0.05) is 52.9 Å². The molecule has 0 bridgehead atoms. The van der Waals surface area contributed by atoms with Gasteiger partial charge in [0.1, 0.15) is 6.54 Å². The highest BCUT2D eigenvalue weighted by atomic mass is 35.5. The van der Waals surface area contributed by atoms with E-state index >= 15 is 0 Å². The number of anilines is 1. The molecular weight excluding hydrogens is 776 g/mol. The molecule has 4 aliphatic rings. The summed E-state index contributed by atoms with van der Waals surface area (Å²) >= 11 is 7.30. The molecule has 0 fully saturated rings. The molecule has 7 rings (SSSR count). The molecule has 2 heterocycles. The summed E-state index contributed by atoms with van der Waals surface area (Å²) in [4.78, 5) is 2.31. The molecule has 0 amide bonds. The summed E-state index contributed by atoms with van der Waals surface area (Å²) in [5.74, 6) is -0.506. The number of halogens is 1. The molecule has 2 N–H and O–H groups in total. The van der Waals surface area contributed by atoms with Crippen molar-refractivity contribution in [3.63, 3.8) is 0 Å². The number of nitrogens with zero attached hydrogens (tertiary/aromatic N) is 2. The third kappa shape index (κ3) is 8.53. The summed E-state index contributed by atoms with van der Waals surface area (Å²) in [6.45, 7) is 10.3. The Morgan fingerprint density at radius 2 is 1.53 bits per heavy atom. The van der Waals surface area contributed by atoms with Crippen molar-refractivity contribution in [2.24, 2.45) is 5.41 Å². The monoisotopic (exact) mass is 829 g/mol. The van der Waals surface area contributed by atoms with E-state index in [0.717, 1.165) is 53.2 Å². The Kier molecular flexibility index (Phi) is 11.7. The van der Waals surface area contributed by atoms with Gasteiger partial charge in [0.25, 0.3) is 20.2 Å². The number of unbranched alkanes of at least 4 members (excludes halogenated alkanes) is 2. The largest absolute Gasteiger partial charge is 0.344 e. The summed E-state index contributed by atoms with van der Waals surface area (Å²) < 4.78 is 67.2. The molecule has 3 aromatic carbocycles. The molecule has 2 aliphatic heterocycles. The Labute approximate surface area is 342 Å². The predicted octanol–water partition coefficient (Wildman–Crippen LogP) is 8.21. The molecule has 0 aromatic heterocycles. The first-order valence-corrected chi connectivity index (χ1v) is 23.7. The van der Waals surface area contributed by atoms with Gasteiger partial charge in [-0.2, -0.15) is 16.8 Å². The van der Waals surface area contributed by atoms with Gasteiger partial charge in [0.05, 0.1) is 16.9 Å². The van der Waals surface area contributed by atoms with Crippen molar-refractivity contribution < 1.29 is 30.5 Å². The average Bonchev–Trinajstić information content (AvgIpc) is 3.51. The fourth-order valence-electron chi connectivity index (χ4n) is 9.70. The van der Waals surface area contributed by atoms with Crippen molar-refractivity contribution >= 4 is 65.7 Å². The third-order valence-corrected chi connectivity index (χ3v) is 14.4. The Balaban J connectivity index is 1.23. The van der Waals surface area contributed by atoms with Crippen LogP contribution in [0.4, 0.5) is 5.69 Å². The first kappa shape index (κ1) is 41.4. The fraction of sp³-hybridized carbons (Fsp3) is 0.413. The van der Waals surface area contributed by atoms with E-state index in [2.05, 4.69) is 128 Å². The minimum atomic E-state index is -4.03. The molecule has 0 saturated heterocycles. The van der Waals surface area contributed by atoms with E-state index in [-0.39, 0.29) is 28.4 Å². The molecule has 0 saturated carbocycles. The fourth-order valence-corrected chi connectivity index (χ4v) is 11.2. The summed E-state index contributed by atoms with van der Waals surface area (Å²) in [6, 6.07) is 21.4. The molecule has 8 nitrogen and oxygen atoms in total. The van der Waals surface area contributed by atoms with Crippen molar-refractivity contribution in [3.05, 3.63) is 123 Å². The van der Waals surface area contributed by atoms with Crippen LogP contribution in [0.1, 0.15) is 84.6 Å². The van der Waals surface area contributed by atoms with Crippen LogP contribution in [-0.2, 0) is 25.7 Å². The molecule has 1 unspecified atom stereocenters. The quantitative estimate of drug-likeness (QED) is 0.101. The first-order valence-electron chi connectivity index (χ1n) is 20.1. The van der Waals surface area contributed by atoms with Crippen LogP contribution in [0.2, 0.25) is 0 Å². The van der Waals surface area contributed by atoms with Gasteiger partial charge in [-0.25, -0.2) is 4.58 Å². The zero-order valence-corrected chi connectivity index (χ0v) is 35.7. The maximum Gasteiger partial charge on any atom is 0.264 e. The number of rotatable bonds is 13. The second-order valence-electron chi connectivity index (χ2n) is 16.9. The predicted molar refractivity (Wildman–Crippen MR) is 234 cm³/mol. The van der Waals surface area contributed by atoms with Gasteiger partial charge >= 0.3 is 0 Å². The van der Waals surface area contributed by atoms with Crippen LogP contribution >= 0.6 is 11.6 Å².